The number of thioether (sulfide) groups is 1. The first-order chi connectivity index (χ1) is 10.1. The fourth-order valence-electron chi connectivity index (χ4n) is 3.06. The van der Waals surface area contributed by atoms with Gasteiger partial charge in [-0.05, 0) is 36.5 Å². The van der Waals surface area contributed by atoms with E-state index in [1.165, 1.54) is 0 Å². The molecule has 0 aliphatic carbocycles. The predicted octanol–water partition coefficient (Wildman–Crippen LogP) is 3.93. The fourth-order valence-corrected chi connectivity index (χ4v) is 4.14. The van der Waals surface area contributed by atoms with Gasteiger partial charge in [-0.15, -0.1) is 0 Å². The third-order valence-electron chi connectivity index (χ3n) is 4.04. The van der Waals surface area contributed by atoms with E-state index in [9.17, 15) is 9.90 Å². The summed E-state index contributed by atoms with van der Waals surface area (Å²) >= 11 is 1.98. The van der Waals surface area contributed by atoms with Crippen LogP contribution in [0.2, 0.25) is 0 Å². The molecule has 1 aliphatic heterocycles. The molecule has 3 rings (SSSR count). The second-order valence-corrected chi connectivity index (χ2v) is 7.04. The second kappa shape index (κ2) is 5.72. The average Bonchev–Trinajstić information content (AvgIpc) is 2.87. The normalized spacial score (nSPS) is 16.7. The number of hydrogen-bond acceptors (Lipinski definition) is 3. The summed E-state index contributed by atoms with van der Waals surface area (Å²) in [6.07, 6.45) is 2.17. The van der Waals surface area contributed by atoms with Gasteiger partial charge in [-0.25, -0.2) is 9.78 Å². The highest BCUT2D eigenvalue weighted by Crippen LogP contribution is 2.34. The van der Waals surface area contributed by atoms with E-state index in [1.54, 1.807) is 12.1 Å². The van der Waals surface area contributed by atoms with Gasteiger partial charge in [-0.1, -0.05) is 19.9 Å². The largest absolute Gasteiger partial charge is 0.478 e. The van der Waals surface area contributed by atoms with Crippen LogP contribution in [0.15, 0.2) is 18.2 Å². The Kier molecular flexibility index (Phi) is 3.93. The molecule has 0 spiro atoms. The second-order valence-electron chi connectivity index (χ2n) is 5.82. The summed E-state index contributed by atoms with van der Waals surface area (Å²) in [5, 5.41) is 9.51. The van der Waals surface area contributed by atoms with Crippen molar-refractivity contribution in [1.82, 2.24) is 9.55 Å². The Morgan fingerprint density at radius 3 is 2.71 bits per heavy atom. The summed E-state index contributed by atoms with van der Waals surface area (Å²) in [5.41, 5.74) is 1.97. The van der Waals surface area contributed by atoms with Gasteiger partial charge in [0, 0.05) is 12.0 Å². The Bertz CT molecular complexity index is 672. The number of aromatic carboxylic acids is 1. The Balaban J connectivity index is 2.26. The molecule has 1 aromatic heterocycles. The van der Waals surface area contributed by atoms with Crippen LogP contribution in [0.3, 0.4) is 0 Å². The van der Waals surface area contributed by atoms with Crippen LogP contribution in [-0.2, 0) is 0 Å². The molecule has 5 heteroatoms. The van der Waals surface area contributed by atoms with Crippen molar-refractivity contribution in [2.45, 2.75) is 38.6 Å². The zero-order valence-electron chi connectivity index (χ0n) is 12.4. The first kappa shape index (κ1) is 14.4. The predicted molar refractivity (Wildman–Crippen MR) is 86.4 cm³/mol. The smallest absolute Gasteiger partial charge is 0.337 e. The minimum Gasteiger partial charge on any atom is -0.478 e. The van der Waals surface area contributed by atoms with Crippen molar-refractivity contribution in [1.29, 1.82) is 0 Å². The van der Waals surface area contributed by atoms with E-state index >= 15 is 0 Å². The summed E-state index contributed by atoms with van der Waals surface area (Å²) in [5.74, 6) is 2.69. The molecule has 1 saturated heterocycles. The molecule has 2 aromatic rings. The molecule has 0 saturated carbocycles. The summed E-state index contributed by atoms with van der Waals surface area (Å²) in [6, 6.07) is 5.75. The van der Waals surface area contributed by atoms with E-state index in [-0.39, 0.29) is 5.92 Å². The van der Waals surface area contributed by atoms with E-state index in [1.807, 2.05) is 17.8 Å². The minimum absolute atomic E-state index is 0.286. The minimum atomic E-state index is -0.873. The summed E-state index contributed by atoms with van der Waals surface area (Å²) in [7, 11) is 0. The van der Waals surface area contributed by atoms with Crippen LogP contribution in [0.1, 0.15) is 54.8 Å². The number of rotatable bonds is 3. The number of carboxylic acid groups (broad SMARTS) is 1. The molecule has 4 nitrogen and oxygen atoms in total. The lowest BCUT2D eigenvalue weighted by molar-refractivity contribution is 0.0698. The number of carboxylic acids is 1. The number of para-hydroxylation sites is 1. The molecule has 21 heavy (non-hydrogen) atoms. The Morgan fingerprint density at radius 2 is 2.10 bits per heavy atom. The van der Waals surface area contributed by atoms with Crippen molar-refractivity contribution in [3.8, 4) is 0 Å². The average molecular weight is 304 g/mol. The number of fused-ring (bicyclic) bond motifs is 1. The van der Waals surface area contributed by atoms with Crippen molar-refractivity contribution in [3.63, 3.8) is 0 Å². The van der Waals surface area contributed by atoms with Crippen LogP contribution in [0.4, 0.5) is 0 Å². The number of hydrogen-bond donors (Lipinski definition) is 1. The lowest BCUT2D eigenvalue weighted by Gasteiger charge is -2.26. The molecule has 1 fully saturated rings. The number of carbonyl (C=O) groups is 1. The Labute approximate surface area is 128 Å². The van der Waals surface area contributed by atoms with E-state index in [2.05, 4.69) is 18.4 Å². The van der Waals surface area contributed by atoms with Crippen molar-refractivity contribution in [3.05, 3.63) is 29.6 Å². The van der Waals surface area contributed by atoms with E-state index in [4.69, 9.17) is 4.98 Å². The van der Waals surface area contributed by atoms with Gasteiger partial charge in [0.2, 0.25) is 0 Å². The van der Waals surface area contributed by atoms with Gasteiger partial charge in [-0.3, -0.25) is 0 Å². The molecule has 1 aliphatic rings. The molecular formula is C16H20N2O2S. The summed E-state index contributed by atoms with van der Waals surface area (Å²) in [4.78, 5) is 16.3. The Hall–Kier alpha value is -1.49. The maximum Gasteiger partial charge on any atom is 0.337 e. The van der Waals surface area contributed by atoms with Gasteiger partial charge < -0.3 is 9.67 Å². The van der Waals surface area contributed by atoms with Crippen LogP contribution in [0, 0.1) is 0 Å². The standard InChI is InChI=1S/C16H20N2O2S/c1-10(2)15-17-13-5-3-4-12(16(19)20)14(13)18(15)11-6-8-21-9-7-11/h3-5,10-11H,6-9H2,1-2H3,(H,19,20). The lowest BCUT2D eigenvalue weighted by Crippen LogP contribution is -2.19. The van der Waals surface area contributed by atoms with Gasteiger partial charge in [0.1, 0.15) is 5.82 Å². The highest BCUT2D eigenvalue weighted by atomic mass is 32.2. The monoisotopic (exact) mass is 304 g/mol. The van der Waals surface area contributed by atoms with E-state index in [0.29, 0.717) is 11.6 Å². The highest BCUT2D eigenvalue weighted by Gasteiger charge is 2.25. The van der Waals surface area contributed by atoms with Crippen LogP contribution in [0.5, 0.6) is 0 Å². The first-order valence-electron chi connectivity index (χ1n) is 7.41. The Morgan fingerprint density at radius 1 is 1.38 bits per heavy atom. The number of imidazole rings is 1. The molecule has 0 bridgehead atoms. The van der Waals surface area contributed by atoms with Gasteiger partial charge >= 0.3 is 5.97 Å². The summed E-state index contributed by atoms with van der Waals surface area (Å²) in [6.45, 7) is 4.24. The third kappa shape index (κ3) is 2.55. The van der Waals surface area contributed by atoms with Crippen molar-refractivity contribution >= 4 is 28.8 Å². The van der Waals surface area contributed by atoms with Crippen LogP contribution in [-0.4, -0.2) is 32.1 Å². The molecule has 0 atom stereocenters. The highest BCUT2D eigenvalue weighted by molar-refractivity contribution is 7.99. The molecule has 1 N–H and O–H groups in total. The molecular weight excluding hydrogens is 284 g/mol. The summed E-state index contributed by atoms with van der Waals surface area (Å²) < 4.78 is 2.21. The molecule has 0 amide bonds. The number of benzene rings is 1. The maximum atomic E-state index is 11.6. The van der Waals surface area contributed by atoms with E-state index in [0.717, 1.165) is 41.2 Å². The number of nitrogens with zero attached hydrogens (tertiary/aromatic N) is 2. The van der Waals surface area contributed by atoms with Crippen molar-refractivity contribution in [2.24, 2.45) is 0 Å². The van der Waals surface area contributed by atoms with Crippen molar-refractivity contribution < 1.29 is 9.90 Å². The molecule has 1 aromatic carbocycles. The van der Waals surface area contributed by atoms with Crippen LogP contribution >= 0.6 is 11.8 Å². The SMILES string of the molecule is CC(C)c1nc2cccc(C(=O)O)c2n1C1CCSCC1. The van der Waals surface area contributed by atoms with Gasteiger partial charge in [-0.2, -0.15) is 11.8 Å². The van der Waals surface area contributed by atoms with Crippen LogP contribution < -0.4 is 0 Å². The zero-order valence-corrected chi connectivity index (χ0v) is 13.2. The van der Waals surface area contributed by atoms with Crippen molar-refractivity contribution in [2.75, 3.05) is 11.5 Å². The van der Waals surface area contributed by atoms with Gasteiger partial charge in [0.25, 0.3) is 0 Å². The van der Waals surface area contributed by atoms with Crippen LogP contribution in [0.25, 0.3) is 11.0 Å². The molecule has 0 radical (unpaired) electrons. The topological polar surface area (TPSA) is 55.1 Å². The fraction of sp³-hybridized carbons (Fsp3) is 0.500. The zero-order chi connectivity index (χ0) is 15.0. The molecule has 112 valence electrons. The quantitative estimate of drug-likeness (QED) is 0.933. The van der Waals surface area contributed by atoms with Gasteiger partial charge in [0.15, 0.2) is 0 Å². The molecule has 2 heterocycles. The first-order valence-corrected chi connectivity index (χ1v) is 8.57. The lowest BCUT2D eigenvalue weighted by atomic mass is 10.1. The van der Waals surface area contributed by atoms with E-state index < -0.39 is 5.97 Å². The third-order valence-corrected chi connectivity index (χ3v) is 5.09. The number of aromatic nitrogens is 2. The molecule has 0 unspecified atom stereocenters. The maximum absolute atomic E-state index is 11.6. The van der Waals surface area contributed by atoms with Gasteiger partial charge in [0.05, 0.1) is 16.6 Å².